The average Bonchev–Trinajstić information content (AvgIpc) is 2.72. The summed E-state index contributed by atoms with van der Waals surface area (Å²) in [5.74, 6) is 0. The fourth-order valence-electron chi connectivity index (χ4n) is 1.93. The molecule has 0 spiro atoms. The summed E-state index contributed by atoms with van der Waals surface area (Å²) in [6, 6.07) is 7.85. The second kappa shape index (κ2) is 4.93. The summed E-state index contributed by atoms with van der Waals surface area (Å²) in [5.41, 5.74) is 3.87. The molecule has 96 valence electrons. The van der Waals surface area contributed by atoms with Gasteiger partial charge in [-0.3, -0.25) is 0 Å². The topological polar surface area (TPSA) is 17.3 Å². The molecule has 0 bridgehead atoms. The lowest BCUT2D eigenvalue weighted by atomic mass is 10.2. The molecular weight excluding hydrogens is 391 g/mol. The monoisotopic (exact) mass is 398 g/mol. The van der Waals surface area contributed by atoms with Crippen LogP contribution in [0.4, 0.5) is 0 Å². The van der Waals surface area contributed by atoms with Crippen molar-refractivity contribution in [2.75, 3.05) is 0 Å². The quantitative estimate of drug-likeness (QED) is 0.528. The standard InChI is InChI=1S/C14H9Br2ClN2/c1-8-4-14-18-13(7-19(14)6-11(8)16)10-3-2-9(15)5-12(10)17/h2-7H,1H3. The van der Waals surface area contributed by atoms with Crippen LogP contribution in [0.2, 0.25) is 5.02 Å². The van der Waals surface area contributed by atoms with Gasteiger partial charge in [-0.2, -0.15) is 0 Å². The molecule has 3 aromatic rings. The Morgan fingerprint density at radius 1 is 1.16 bits per heavy atom. The lowest BCUT2D eigenvalue weighted by Crippen LogP contribution is -1.85. The van der Waals surface area contributed by atoms with E-state index < -0.39 is 0 Å². The molecule has 2 aromatic heterocycles. The van der Waals surface area contributed by atoms with Crippen molar-refractivity contribution in [3.05, 3.63) is 56.2 Å². The van der Waals surface area contributed by atoms with E-state index in [2.05, 4.69) is 36.8 Å². The number of aryl methyl sites for hydroxylation is 1. The SMILES string of the molecule is Cc1cc2nc(-c3ccc(Br)cc3Cl)cn2cc1Br. The predicted octanol–water partition coefficient (Wildman–Crippen LogP) is 5.49. The van der Waals surface area contributed by atoms with Crippen molar-refractivity contribution in [1.29, 1.82) is 0 Å². The van der Waals surface area contributed by atoms with Gasteiger partial charge in [-0.15, -0.1) is 0 Å². The molecule has 0 N–H and O–H groups in total. The van der Waals surface area contributed by atoms with Gasteiger partial charge in [0.25, 0.3) is 0 Å². The zero-order valence-electron chi connectivity index (χ0n) is 9.99. The fraction of sp³-hybridized carbons (Fsp3) is 0.0714. The van der Waals surface area contributed by atoms with Crippen LogP contribution < -0.4 is 0 Å². The maximum Gasteiger partial charge on any atom is 0.137 e. The smallest absolute Gasteiger partial charge is 0.137 e. The normalized spacial score (nSPS) is 11.2. The molecular formula is C14H9Br2ClN2. The van der Waals surface area contributed by atoms with Crippen LogP contribution in [0.1, 0.15) is 5.56 Å². The van der Waals surface area contributed by atoms with Gasteiger partial charge in [-0.05, 0) is 46.6 Å². The number of rotatable bonds is 1. The number of fused-ring (bicyclic) bond motifs is 1. The highest BCUT2D eigenvalue weighted by molar-refractivity contribution is 9.10. The lowest BCUT2D eigenvalue weighted by molar-refractivity contribution is 1.16. The molecule has 0 atom stereocenters. The summed E-state index contributed by atoms with van der Waals surface area (Å²) < 4.78 is 4.01. The van der Waals surface area contributed by atoms with Crippen LogP contribution in [-0.2, 0) is 0 Å². The number of hydrogen-bond donors (Lipinski definition) is 0. The summed E-state index contributed by atoms with van der Waals surface area (Å²) in [5, 5.41) is 0.688. The Bertz CT molecular complexity index is 741. The Hall–Kier alpha value is -0.840. The Morgan fingerprint density at radius 3 is 2.68 bits per heavy atom. The summed E-state index contributed by atoms with van der Waals surface area (Å²) >= 11 is 13.2. The minimum absolute atomic E-state index is 0.688. The molecule has 2 heterocycles. The second-order valence-corrected chi connectivity index (χ2v) is 6.50. The third-order valence-electron chi connectivity index (χ3n) is 2.94. The number of hydrogen-bond acceptors (Lipinski definition) is 1. The van der Waals surface area contributed by atoms with Crippen molar-refractivity contribution in [2.24, 2.45) is 0 Å². The van der Waals surface area contributed by atoms with E-state index in [1.807, 2.05) is 48.0 Å². The fourth-order valence-corrected chi connectivity index (χ4v) is 3.04. The van der Waals surface area contributed by atoms with Crippen LogP contribution in [0.3, 0.4) is 0 Å². The van der Waals surface area contributed by atoms with E-state index in [4.69, 9.17) is 11.6 Å². The molecule has 0 amide bonds. The van der Waals surface area contributed by atoms with E-state index in [0.29, 0.717) is 5.02 Å². The van der Waals surface area contributed by atoms with E-state index in [-0.39, 0.29) is 0 Å². The van der Waals surface area contributed by atoms with Crippen molar-refractivity contribution < 1.29 is 0 Å². The number of halogens is 3. The Morgan fingerprint density at radius 2 is 1.95 bits per heavy atom. The van der Waals surface area contributed by atoms with Gasteiger partial charge in [0.2, 0.25) is 0 Å². The zero-order chi connectivity index (χ0) is 13.6. The van der Waals surface area contributed by atoms with Gasteiger partial charge in [0.05, 0.1) is 10.7 Å². The van der Waals surface area contributed by atoms with Crippen LogP contribution in [-0.4, -0.2) is 9.38 Å². The van der Waals surface area contributed by atoms with E-state index in [0.717, 1.165) is 31.4 Å². The van der Waals surface area contributed by atoms with Crippen LogP contribution in [0.25, 0.3) is 16.9 Å². The first-order valence-electron chi connectivity index (χ1n) is 5.65. The van der Waals surface area contributed by atoms with Gasteiger partial charge >= 0.3 is 0 Å². The molecule has 2 nitrogen and oxygen atoms in total. The summed E-state index contributed by atoms with van der Waals surface area (Å²) in [4.78, 5) is 4.62. The number of imidazole rings is 1. The molecule has 0 aliphatic rings. The van der Waals surface area contributed by atoms with Gasteiger partial charge in [0, 0.05) is 26.9 Å². The minimum Gasteiger partial charge on any atom is -0.305 e. The van der Waals surface area contributed by atoms with Crippen LogP contribution in [0.5, 0.6) is 0 Å². The molecule has 0 unspecified atom stereocenters. The number of nitrogens with zero attached hydrogens (tertiary/aromatic N) is 2. The third-order valence-corrected chi connectivity index (χ3v) is 4.58. The van der Waals surface area contributed by atoms with Gasteiger partial charge in [0.1, 0.15) is 5.65 Å². The summed E-state index contributed by atoms with van der Waals surface area (Å²) in [6.07, 6.45) is 3.99. The highest BCUT2D eigenvalue weighted by Crippen LogP contribution is 2.30. The first-order valence-corrected chi connectivity index (χ1v) is 7.61. The zero-order valence-corrected chi connectivity index (χ0v) is 13.9. The van der Waals surface area contributed by atoms with Gasteiger partial charge in [0.15, 0.2) is 0 Å². The largest absolute Gasteiger partial charge is 0.305 e. The van der Waals surface area contributed by atoms with Crippen molar-refractivity contribution in [1.82, 2.24) is 9.38 Å². The molecule has 0 radical (unpaired) electrons. The summed E-state index contributed by atoms with van der Waals surface area (Å²) in [6.45, 7) is 2.05. The van der Waals surface area contributed by atoms with Crippen molar-refractivity contribution in [3.63, 3.8) is 0 Å². The number of pyridine rings is 1. The molecule has 0 saturated carbocycles. The molecule has 3 rings (SSSR count). The Labute approximate surface area is 132 Å². The molecule has 0 saturated heterocycles. The van der Waals surface area contributed by atoms with Crippen molar-refractivity contribution >= 4 is 49.1 Å². The van der Waals surface area contributed by atoms with Crippen LogP contribution in [0, 0.1) is 6.92 Å². The highest BCUT2D eigenvalue weighted by Gasteiger charge is 2.09. The molecule has 5 heteroatoms. The van der Waals surface area contributed by atoms with Gasteiger partial charge in [-0.1, -0.05) is 33.6 Å². The third kappa shape index (κ3) is 2.45. The second-order valence-electron chi connectivity index (χ2n) is 4.32. The highest BCUT2D eigenvalue weighted by atomic mass is 79.9. The molecule has 19 heavy (non-hydrogen) atoms. The minimum atomic E-state index is 0.688. The Balaban J connectivity index is 2.20. The number of aromatic nitrogens is 2. The Kier molecular flexibility index (Phi) is 3.41. The average molecular weight is 401 g/mol. The van der Waals surface area contributed by atoms with Crippen LogP contribution >= 0.6 is 43.5 Å². The van der Waals surface area contributed by atoms with E-state index in [1.165, 1.54) is 0 Å². The van der Waals surface area contributed by atoms with E-state index in [1.54, 1.807) is 0 Å². The maximum atomic E-state index is 6.27. The molecule has 0 aliphatic carbocycles. The maximum absolute atomic E-state index is 6.27. The molecule has 1 aromatic carbocycles. The molecule has 0 aliphatic heterocycles. The van der Waals surface area contributed by atoms with Crippen LogP contribution in [0.15, 0.2) is 45.6 Å². The van der Waals surface area contributed by atoms with E-state index >= 15 is 0 Å². The summed E-state index contributed by atoms with van der Waals surface area (Å²) in [7, 11) is 0. The predicted molar refractivity (Wildman–Crippen MR) is 85.8 cm³/mol. The van der Waals surface area contributed by atoms with Gasteiger partial charge < -0.3 is 4.40 Å². The van der Waals surface area contributed by atoms with Crippen molar-refractivity contribution in [2.45, 2.75) is 6.92 Å². The van der Waals surface area contributed by atoms with Crippen molar-refractivity contribution in [3.8, 4) is 11.3 Å². The lowest BCUT2D eigenvalue weighted by Gasteiger charge is -2.00. The van der Waals surface area contributed by atoms with Gasteiger partial charge in [-0.25, -0.2) is 4.98 Å². The first-order chi connectivity index (χ1) is 9.04. The number of benzene rings is 1. The first kappa shape index (κ1) is 13.2. The van der Waals surface area contributed by atoms with E-state index in [9.17, 15) is 0 Å². The molecule has 0 fully saturated rings.